The molecule has 5 nitrogen and oxygen atoms in total. The topological polar surface area (TPSA) is 38.9 Å². The predicted octanol–water partition coefficient (Wildman–Crippen LogP) is 12.8. The van der Waals surface area contributed by atoms with E-state index in [0.717, 1.165) is 56.8 Å². The Morgan fingerprint density at radius 1 is 0.309 bits per heavy atom. The third-order valence-electron chi connectivity index (χ3n) is 10.3. The highest BCUT2D eigenvalue weighted by Gasteiger charge is 2.19. The number of anilines is 3. The van der Waals surface area contributed by atoms with Gasteiger partial charge in [-0.3, -0.25) is 4.57 Å². The van der Waals surface area contributed by atoms with E-state index in [1.54, 1.807) is 0 Å². The van der Waals surface area contributed by atoms with Crippen LogP contribution in [0.25, 0.3) is 67.1 Å². The minimum atomic E-state index is 0.792. The fourth-order valence-electron chi connectivity index (χ4n) is 7.68. The number of hydrogen-bond donors (Lipinski definition) is 0. The first-order valence-corrected chi connectivity index (χ1v) is 18.5. The molecular formula is C50H35N5. The molecule has 0 saturated carbocycles. The molecule has 5 heteroatoms. The number of hydrogen-bond acceptors (Lipinski definition) is 3. The molecule has 0 atom stereocenters. The molecule has 0 bridgehead atoms. The van der Waals surface area contributed by atoms with Gasteiger partial charge in [-0.25, -0.2) is 0 Å². The second kappa shape index (κ2) is 13.8. The van der Waals surface area contributed by atoms with Crippen molar-refractivity contribution in [1.82, 2.24) is 19.3 Å². The molecule has 0 N–H and O–H groups in total. The molecule has 0 fully saturated rings. The first kappa shape index (κ1) is 32.2. The zero-order chi connectivity index (χ0) is 36.6. The number of fused-ring (bicyclic) bond motifs is 3. The molecule has 0 amide bonds. The van der Waals surface area contributed by atoms with Gasteiger partial charge in [0.2, 0.25) is 0 Å². The van der Waals surface area contributed by atoms with E-state index in [9.17, 15) is 0 Å². The fourth-order valence-corrected chi connectivity index (χ4v) is 7.68. The summed E-state index contributed by atoms with van der Waals surface area (Å²) in [4.78, 5) is 2.33. The Hall–Kier alpha value is -7.50. The molecule has 0 radical (unpaired) electrons. The minimum absolute atomic E-state index is 0.792. The third-order valence-corrected chi connectivity index (χ3v) is 10.3. The molecule has 0 unspecified atom stereocenters. The van der Waals surface area contributed by atoms with Gasteiger partial charge in [0, 0.05) is 50.3 Å². The van der Waals surface area contributed by atoms with Crippen LogP contribution in [-0.4, -0.2) is 19.3 Å². The van der Waals surface area contributed by atoms with E-state index in [-0.39, 0.29) is 0 Å². The highest BCUT2D eigenvalue weighted by Crippen LogP contribution is 2.39. The van der Waals surface area contributed by atoms with E-state index in [2.05, 4.69) is 190 Å². The van der Waals surface area contributed by atoms with E-state index in [4.69, 9.17) is 10.2 Å². The van der Waals surface area contributed by atoms with Crippen LogP contribution in [0.1, 0.15) is 0 Å². The number of aromatic nitrogens is 4. The van der Waals surface area contributed by atoms with Crippen LogP contribution in [0, 0.1) is 0 Å². The standard InChI is InChI=1S/C50H35N5/c1-4-15-36(16-5-1)39-21-14-22-44(35-39)53(40-27-31-42(32-28-40)54-47-25-12-10-23-45(47)46-24-11-13-26-48(46)54)41-29-33-43(34-30-41)55-49(37-17-6-2-7-18-37)51-52-50(55)38-19-8-3-9-20-38/h1-35H. The molecule has 0 saturated heterocycles. The zero-order valence-electron chi connectivity index (χ0n) is 29.9. The maximum absolute atomic E-state index is 4.70. The minimum Gasteiger partial charge on any atom is -0.310 e. The molecule has 0 aliphatic rings. The number of benzene rings is 8. The average Bonchev–Trinajstić information content (AvgIpc) is 3.86. The number of nitrogens with zero attached hydrogens (tertiary/aromatic N) is 5. The van der Waals surface area contributed by atoms with E-state index in [1.165, 1.54) is 27.4 Å². The van der Waals surface area contributed by atoms with E-state index in [1.807, 2.05) is 36.4 Å². The normalized spacial score (nSPS) is 11.3. The van der Waals surface area contributed by atoms with Gasteiger partial charge in [0.15, 0.2) is 11.6 Å². The predicted molar refractivity (Wildman–Crippen MR) is 227 cm³/mol. The summed E-state index contributed by atoms with van der Waals surface area (Å²) in [7, 11) is 0. The summed E-state index contributed by atoms with van der Waals surface area (Å²) in [5.41, 5.74) is 12.0. The van der Waals surface area contributed by atoms with Crippen LogP contribution >= 0.6 is 0 Å². The Morgan fingerprint density at radius 2 is 0.727 bits per heavy atom. The lowest BCUT2D eigenvalue weighted by Gasteiger charge is -2.26. The van der Waals surface area contributed by atoms with Crippen molar-refractivity contribution in [2.24, 2.45) is 0 Å². The monoisotopic (exact) mass is 705 g/mol. The largest absolute Gasteiger partial charge is 0.310 e. The van der Waals surface area contributed by atoms with Crippen molar-refractivity contribution >= 4 is 38.9 Å². The summed E-state index contributed by atoms with van der Waals surface area (Å²) < 4.78 is 4.51. The van der Waals surface area contributed by atoms with Gasteiger partial charge in [-0.1, -0.05) is 140 Å². The summed E-state index contributed by atoms with van der Waals surface area (Å²) in [5.74, 6) is 1.58. The molecule has 0 aliphatic heterocycles. The summed E-state index contributed by atoms with van der Waals surface area (Å²) in [5, 5.41) is 11.9. The van der Waals surface area contributed by atoms with Crippen molar-refractivity contribution < 1.29 is 0 Å². The quantitative estimate of drug-likeness (QED) is 0.158. The van der Waals surface area contributed by atoms with Crippen LogP contribution in [0.2, 0.25) is 0 Å². The van der Waals surface area contributed by atoms with Crippen LogP contribution < -0.4 is 4.90 Å². The van der Waals surface area contributed by atoms with Crippen LogP contribution in [0.5, 0.6) is 0 Å². The van der Waals surface area contributed by atoms with Crippen molar-refractivity contribution in [3.8, 4) is 45.3 Å². The Bertz CT molecular complexity index is 2780. The molecular weight excluding hydrogens is 671 g/mol. The molecule has 2 aromatic heterocycles. The maximum atomic E-state index is 4.70. The maximum Gasteiger partial charge on any atom is 0.168 e. The van der Waals surface area contributed by atoms with Crippen LogP contribution in [0.4, 0.5) is 17.1 Å². The lowest BCUT2D eigenvalue weighted by atomic mass is 10.0. The highest BCUT2D eigenvalue weighted by atomic mass is 15.3. The molecule has 10 rings (SSSR count). The molecule has 10 aromatic rings. The molecule has 2 heterocycles. The first-order valence-electron chi connectivity index (χ1n) is 18.5. The summed E-state index contributed by atoms with van der Waals surface area (Å²) >= 11 is 0. The molecule has 8 aromatic carbocycles. The van der Waals surface area contributed by atoms with Gasteiger partial charge in [-0.2, -0.15) is 0 Å². The van der Waals surface area contributed by atoms with E-state index < -0.39 is 0 Å². The van der Waals surface area contributed by atoms with Crippen LogP contribution in [0.3, 0.4) is 0 Å². The Kier molecular flexibility index (Phi) is 8.08. The lowest BCUT2D eigenvalue weighted by molar-refractivity contribution is 1.07. The molecule has 55 heavy (non-hydrogen) atoms. The van der Waals surface area contributed by atoms with E-state index >= 15 is 0 Å². The first-order chi connectivity index (χ1) is 27.3. The van der Waals surface area contributed by atoms with Gasteiger partial charge in [-0.05, 0) is 83.9 Å². The zero-order valence-corrected chi connectivity index (χ0v) is 29.9. The van der Waals surface area contributed by atoms with Crippen molar-refractivity contribution in [3.05, 3.63) is 212 Å². The average molecular weight is 706 g/mol. The van der Waals surface area contributed by atoms with Gasteiger partial charge in [-0.15, -0.1) is 10.2 Å². The molecule has 0 aliphatic carbocycles. The Balaban J connectivity index is 1.10. The van der Waals surface area contributed by atoms with Crippen molar-refractivity contribution in [3.63, 3.8) is 0 Å². The number of rotatable bonds is 8. The van der Waals surface area contributed by atoms with Crippen molar-refractivity contribution in [2.75, 3.05) is 4.90 Å². The van der Waals surface area contributed by atoms with Gasteiger partial charge < -0.3 is 9.47 Å². The van der Waals surface area contributed by atoms with Crippen molar-refractivity contribution in [2.45, 2.75) is 0 Å². The van der Waals surface area contributed by atoms with Crippen molar-refractivity contribution in [1.29, 1.82) is 0 Å². The van der Waals surface area contributed by atoms with Crippen LogP contribution in [0.15, 0.2) is 212 Å². The number of para-hydroxylation sites is 2. The van der Waals surface area contributed by atoms with Gasteiger partial charge in [0.25, 0.3) is 0 Å². The van der Waals surface area contributed by atoms with Gasteiger partial charge in [0.1, 0.15) is 0 Å². The fraction of sp³-hybridized carbons (Fsp3) is 0. The van der Waals surface area contributed by atoms with Crippen LogP contribution in [-0.2, 0) is 0 Å². The van der Waals surface area contributed by atoms with Gasteiger partial charge >= 0.3 is 0 Å². The lowest BCUT2D eigenvalue weighted by Crippen LogP contribution is -2.10. The smallest absolute Gasteiger partial charge is 0.168 e. The second-order valence-corrected chi connectivity index (χ2v) is 13.6. The summed E-state index contributed by atoms with van der Waals surface area (Å²) in [6.45, 7) is 0. The SMILES string of the molecule is c1ccc(-c2cccc(N(c3ccc(-n4c(-c5ccccc5)nnc4-c4ccccc4)cc3)c3ccc(-n4c5ccccc5c5ccccc54)cc3)c2)cc1. The van der Waals surface area contributed by atoms with Gasteiger partial charge in [0.05, 0.1) is 11.0 Å². The summed E-state index contributed by atoms with van der Waals surface area (Å²) in [6.07, 6.45) is 0. The Labute approximate surface area is 319 Å². The Morgan fingerprint density at radius 3 is 1.24 bits per heavy atom. The summed E-state index contributed by atoms with van der Waals surface area (Å²) in [6, 6.07) is 74.7. The molecule has 260 valence electrons. The third kappa shape index (κ3) is 5.85. The molecule has 0 spiro atoms. The van der Waals surface area contributed by atoms with E-state index in [0.29, 0.717) is 0 Å². The highest BCUT2D eigenvalue weighted by molar-refractivity contribution is 6.09. The second-order valence-electron chi connectivity index (χ2n) is 13.6.